The number of nitrogens with zero attached hydrogens (tertiary/aromatic N) is 3. The van der Waals surface area contributed by atoms with E-state index in [-0.39, 0.29) is 0 Å². The minimum absolute atomic E-state index is 0.349. The van der Waals surface area contributed by atoms with Crippen molar-refractivity contribution in [1.82, 2.24) is 14.8 Å². The minimum Gasteiger partial charge on any atom is -0.377 e. The van der Waals surface area contributed by atoms with E-state index in [0.717, 1.165) is 36.0 Å². The van der Waals surface area contributed by atoms with Crippen LogP contribution in [0.4, 0.5) is 0 Å². The van der Waals surface area contributed by atoms with Crippen LogP contribution in [0.2, 0.25) is 0 Å². The van der Waals surface area contributed by atoms with E-state index in [1.54, 1.807) is 0 Å². The molecule has 1 saturated heterocycles. The first-order chi connectivity index (χ1) is 9.75. The largest absolute Gasteiger partial charge is 0.377 e. The third-order valence-corrected chi connectivity index (χ3v) is 5.20. The Kier molecular flexibility index (Phi) is 4.08. The van der Waals surface area contributed by atoms with Gasteiger partial charge in [-0.2, -0.15) is 0 Å². The standard InChI is InChI=1S/C15H19N3OS/c1-11-13(8-9-19-11)20-10-14-16-17-15(18(14)2)12-6-4-3-5-7-12/h3-7,11,13H,8-10H2,1-2H3/t11-,13-/m1/s1. The van der Waals surface area contributed by atoms with Gasteiger partial charge in [0.1, 0.15) is 5.82 Å². The Bertz CT molecular complexity index is 570. The molecule has 1 aromatic carbocycles. The molecule has 2 aromatic rings. The van der Waals surface area contributed by atoms with Gasteiger partial charge in [-0.15, -0.1) is 22.0 Å². The maximum Gasteiger partial charge on any atom is 0.163 e. The van der Waals surface area contributed by atoms with Crippen LogP contribution in [0.15, 0.2) is 30.3 Å². The number of hydrogen-bond acceptors (Lipinski definition) is 4. The summed E-state index contributed by atoms with van der Waals surface area (Å²) in [5.74, 6) is 2.83. The molecule has 1 aliphatic rings. The minimum atomic E-state index is 0.349. The summed E-state index contributed by atoms with van der Waals surface area (Å²) in [7, 11) is 2.03. The molecule has 3 rings (SSSR count). The van der Waals surface area contributed by atoms with E-state index >= 15 is 0 Å². The van der Waals surface area contributed by atoms with Gasteiger partial charge < -0.3 is 9.30 Å². The Morgan fingerprint density at radius 3 is 2.80 bits per heavy atom. The fourth-order valence-corrected chi connectivity index (χ4v) is 3.67. The molecular weight excluding hydrogens is 270 g/mol. The van der Waals surface area contributed by atoms with Crippen molar-refractivity contribution in [3.05, 3.63) is 36.2 Å². The smallest absolute Gasteiger partial charge is 0.163 e. The van der Waals surface area contributed by atoms with Crippen LogP contribution < -0.4 is 0 Å². The molecule has 0 spiro atoms. The number of hydrogen-bond donors (Lipinski definition) is 0. The predicted molar refractivity (Wildman–Crippen MR) is 81.6 cm³/mol. The summed E-state index contributed by atoms with van der Waals surface area (Å²) in [6.45, 7) is 3.03. The van der Waals surface area contributed by atoms with Crippen LogP contribution in [0.5, 0.6) is 0 Å². The molecule has 0 saturated carbocycles. The van der Waals surface area contributed by atoms with Gasteiger partial charge in [0, 0.05) is 24.5 Å². The second-order valence-electron chi connectivity index (χ2n) is 5.08. The maximum atomic E-state index is 5.59. The average Bonchev–Trinajstić information content (AvgIpc) is 3.04. The fraction of sp³-hybridized carbons (Fsp3) is 0.467. The summed E-state index contributed by atoms with van der Waals surface area (Å²) in [6, 6.07) is 10.2. The molecule has 5 heteroatoms. The summed E-state index contributed by atoms with van der Waals surface area (Å²) in [4.78, 5) is 0. The first kappa shape index (κ1) is 13.6. The maximum absolute atomic E-state index is 5.59. The highest BCUT2D eigenvalue weighted by molar-refractivity contribution is 7.99. The highest BCUT2D eigenvalue weighted by Crippen LogP contribution is 2.29. The predicted octanol–water partition coefficient (Wildman–Crippen LogP) is 2.89. The number of benzene rings is 1. The Balaban J connectivity index is 1.71. The zero-order valence-electron chi connectivity index (χ0n) is 11.8. The Morgan fingerprint density at radius 1 is 1.30 bits per heavy atom. The summed E-state index contributed by atoms with van der Waals surface area (Å²) in [5.41, 5.74) is 1.11. The molecule has 1 aromatic heterocycles. The van der Waals surface area contributed by atoms with Gasteiger partial charge in [0.2, 0.25) is 0 Å². The van der Waals surface area contributed by atoms with Crippen LogP contribution >= 0.6 is 11.8 Å². The van der Waals surface area contributed by atoms with Crippen molar-refractivity contribution in [2.75, 3.05) is 6.61 Å². The lowest BCUT2D eigenvalue weighted by atomic mass is 10.2. The van der Waals surface area contributed by atoms with Crippen molar-refractivity contribution < 1.29 is 4.74 Å². The van der Waals surface area contributed by atoms with Crippen molar-refractivity contribution in [3.8, 4) is 11.4 Å². The normalized spacial score (nSPS) is 22.3. The number of thioether (sulfide) groups is 1. The first-order valence-corrected chi connectivity index (χ1v) is 7.97. The molecule has 0 N–H and O–H groups in total. The summed E-state index contributed by atoms with van der Waals surface area (Å²) in [5, 5.41) is 9.22. The molecule has 106 valence electrons. The van der Waals surface area contributed by atoms with Crippen molar-refractivity contribution in [3.63, 3.8) is 0 Å². The number of ether oxygens (including phenoxy) is 1. The summed E-state index contributed by atoms with van der Waals surface area (Å²) < 4.78 is 7.68. The number of aromatic nitrogens is 3. The van der Waals surface area contributed by atoms with Crippen LogP contribution in [-0.4, -0.2) is 32.7 Å². The highest BCUT2D eigenvalue weighted by Gasteiger charge is 2.25. The third kappa shape index (κ3) is 2.74. The van der Waals surface area contributed by atoms with Crippen LogP contribution in [-0.2, 0) is 17.5 Å². The molecule has 0 bridgehead atoms. The van der Waals surface area contributed by atoms with Gasteiger partial charge in [-0.3, -0.25) is 0 Å². The van der Waals surface area contributed by atoms with Crippen molar-refractivity contribution in [1.29, 1.82) is 0 Å². The fourth-order valence-electron chi connectivity index (χ4n) is 2.44. The number of rotatable bonds is 4. The molecule has 0 unspecified atom stereocenters. The lowest BCUT2D eigenvalue weighted by Crippen LogP contribution is -2.14. The van der Waals surface area contributed by atoms with Crippen LogP contribution in [0.1, 0.15) is 19.2 Å². The van der Waals surface area contributed by atoms with Crippen molar-refractivity contribution in [2.45, 2.75) is 30.5 Å². The summed E-state index contributed by atoms with van der Waals surface area (Å²) >= 11 is 1.92. The SMILES string of the molecule is C[C@H]1OCC[C@H]1SCc1nnc(-c2ccccc2)n1C. The Labute approximate surface area is 123 Å². The molecule has 0 aliphatic carbocycles. The van der Waals surface area contributed by atoms with Crippen LogP contribution in [0.3, 0.4) is 0 Å². The zero-order chi connectivity index (χ0) is 13.9. The Morgan fingerprint density at radius 2 is 2.10 bits per heavy atom. The molecular formula is C15H19N3OS. The lowest BCUT2D eigenvalue weighted by Gasteiger charge is -2.13. The molecule has 2 heterocycles. The first-order valence-electron chi connectivity index (χ1n) is 6.92. The lowest BCUT2D eigenvalue weighted by molar-refractivity contribution is 0.127. The average molecular weight is 289 g/mol. The van der Waals surface area contributed by atoms with E-state index in [1.807, 2.05) is 37.0 Å². The van der Waals surface area contributed by atoms with E-state index in [2.05, 4.69) is 33.8 Å². The molecule has 2 atom stereocenters. The topological polar surface area (TPSA) is 39.9 Å². The Hall–Kier alpha value is -1.33. The van der Waals surface area contributed by atoms with Crippen LogP contribution in [0.25, 0.3) is 11.4 Å². The molecule has 0 radical (unpaired) electrons. The van der Waals surface area contributed by atoms with E-state index in [1.165, 1.54) is 0 Å². The van der Waals surface area contributed by atoms with E-state index in [9.17, 15) is 0 Å². The molecule has 1 fully saturated rings. The second-order valence-corrected chi connectivity index (χ2v) is 6.31. The summed E-state index contributed by atoms with van der Waals surface area (Å²) in [6.07, 6.45) is 1.48. The molecule has 1 aliphatic heterocycles. The zero-order valence-corrected chi connectivity index (χ0v) is 12.6. The van der Waals surface area contributed by atoms with E-state index in [0.29, 0.717) is 11.4 Å². The van der Waals surface area contributed by atoms with Crippen molar-refractivity contribution in [2.24, 2.45) is 7.05 Å². The molecule has 20 heavy (non-hydrogen) atoms. The van der Waals surface area contributed by atoms with E-state index < -0.39 is 0 Å². The monoisotopic (exact) mass is 289 g/mol. The van der Waals surface area contributed by atoms with Gasteiger partial charge >= 0.3 is 0 Å². The van der Waals surface area contributed by atoms with Gasteiger partial charge in [0.15, 0.2) is 5.82 Å². The third-order valence-electron chi connectivity index (χ3n) is 3.73. The molecule has 0 amide bonds. The van der Waals surface area contributed by atoms with Gasteiger partial charge in [0.05, 0.1) is 11.9 Å². The highest BCUT2D eigenvalue weighted by atomic mass is 32.2. The van der Waals surface area contributed by atoms with Crippen molar-refractivity contribution >= 4 is 11.8 Å². The van der Waals surface area contributed by atoms with E-state index in [4.69, 9.17) is 4.74 Å². The van der Waals surface area contributed by atoms with Gasteiger partial charge in [-0.05, 0) is 13.3 Å². The van der Waals surface area contributed by atoms with Gasteiger partial charge in [0.25, 0.3) is 0 Å². The van der Waals surface area contributed by atoms with Gasteiger partial charge in [-0.25, -0.2) is 0 Å². The quantitative estimate of drug-likeness (QED) is 0.867. The second kappa shape index (κ2) is 5.97. The van der Waals surface area contributed by atoms with Gasteiger partial charge in [-0.1, -0.05) is 30.3 Å². The molecule has 4 nitrogen and oxygen atoms in total. The van der Waals surface area contributed by atoms with Crippen LogP contribution in [0, 0.1) is 0 Å².